The Morgan fingerprint density at radius 2 is 1.89 bits per heavy atom. The Morgan fingerprint density at radius 3 is 2.56 bits per heavy atom. The normalized spacial score (nSPS) is 10.1. The lowest BCUT2D eigenvalue weighted by molar-refractivity contribution is 0.0697. The molecular formula is C13H11FN2O2. The number of para-hydroxylation sites is 1. The number of anilines is 3. The molecule has 92 valence electrons. The minimum Gasteiger partial charge on any atom is -0.478 e. The van der Waals surface area contributed by atoms with Gasteiger partial charge in [0.25, 0.3) is 0 Å². The number of carbonyl (C=O) groups is 1. The number of benzene rings is 2. The van der Waals surface area contributed by atoms with Gasteiger partial charge >= 0.3 is 5.97 Å². The van der Waals surface area contributed by atoms with Crippen molar-refractivity contribution in [2.24, 2.45) is 0 Å². The lowest BCUT2D eigenvalue weighted by atomic mass is 10.1. The number of nitrogens with two attached hydrogens (primary N) is 1. The molecular weight excluding hydrogens is 235 g/mol. The summed E-state index contributed by atoms with van der Waals surface area (Å²) in [5.41, 5.74) is 6.75. The lowest BCUT2D eigenvalue weighted by Gasteiger charge is -2.10. The molecule has 0 amide bonds. The van der Waals surface area contributed by atoms with Crippen LogP contribution in [-0.4, -0.2) is 11.1 Å². The van der Waals surface area contributed by atoms with Crippen LogP contribution in [0.2, 0.25) is 0 Å². The Hall–Kier alpha value is -2.56. The van der Waals surface area contributed by atoms with Gasteiger partial charge in [-0.15, -0.1) is 0 Å². The van der Waals surface area contributed by atoms with Gasteiger partial charge < -0.3 is 16.2 Å². The summed E-state index contributed by atoms with van der Waals surface area (Å²) in [7, 11) is 0. The van der Waals surface area contributed by atoms with Crippen LogP contribution in [0.5, 0.6) is 0 Å². The third-order valence-corrected chi connectivity index (χ3v) is 2.44. The largest absolute Gasteiger partial charge is 0.478 e. The molecule has 0 aliphatic carbocycles. The van der Waals surface area contributed by atoms with Crippen molar-refractivity contribution < 1.29 is 14.3 Å². The summed E-state index contributed by atoms with van der Waals surface area (Å²) in [6.07, 6.45) is 0. The number of hydrogen-bond donors (Lipinski definition) is 3. The van der Waals surface area contributed by atoms with E-state index in [0.717, 1.165) is 0 Å². The number of carboxylic acid groups (broad SMARTS) is 1. The SMILES string of the molecule is Nc1ccc(C(=O)O)cc1Nc1ccccc1F. The summed E-state index contributed by atoms with van der Waals surface area (Å²) >= 11 is 0. The molecule has 0 saturated heterocycles. The van der Waals surface area contributed by atoms with Gasteiger partial charge in [0.15, 0.2) is 0 Å². The molecule has 0 fully saturated rings. The maximum Gasteiger partial charge on any atom is 0.335 e. The first kappa shape index (κ1) is 11.9. The molecule has 4 N–H and O–H groups in total. The number of nitrogens with one attached hydrogen (secondary N) is 1. The first-order chi connectivity index (χ1) is 8.58. The minimum absolute atomic E-state index is 0.0861. The van der Waals surface area contributed by atoms with E-state index in [4.69, 9.17) is 10.8 Å². The molecule has 0 aromatic heterocycles. The van der Waals surface area contributed by atoms with E-state index >= 15 is 0 Å². The van der Waals surface area contributed by atoms with E-state index in [1.54, 1.807) is 18.2 Å². The molecule has 0 spiro atoms. The second-order valence-corrected chi connectivity index (χ2v) is 3.71. The van der Waals surface area contributed by atoms with Crippen LogP contribution in [0, 0.1) is 5.82 Å². The molecule has 0 unspecified atom stereocenters. The minimum atomic E-state index is -1.06. The number of carboxylic acids is 1. The van der Waals surface area contributed by atoms with Crippen LogP contribution in [0.25, 0.3) is 0 Å². The smallest absolute Gasteiger partial charge is 0.335 e. The second-order valence-electron chi connectivity index (χ2n) is 3.71. The molecule has 2 aromatic rings. The molecule has 0 aliphatic rings. The van der Waals surface area contributed by atoms with Gasteiger partial charge in [0, 0.05) is 0 Å². The molecule has 5 heteroatoms. The van der Waals surface area contributed by atoms with Crippen molar-refractivity contribution in [3.05, 3.63) is 53.8 Å². The van der Waals surface area contributed by atoms with Gasteiger partial charge in [-0.1, -0.05) is 12.1 Å². The molecule has 2 rings (SSSR count). The monoisotopic (exact) mass is 246 g/mol. The number of aromatic carboxylic acids is 1. The summed E-state index contributed by atoms with van der Waals surface area (Å²) in [6, 6.07) is 10.3. The van der Waals surface area contributed by atoms with Crippen molar-refractivity contribution in [1.82, 2.24) is 0 Å². The van der Waals surface area contributed by atoms with Gasteiger partial charge in [-0.05, 0) is 30.3 Å². The molecule has 0 radical (unpaired) electrons. The Labute approximate surface area is 103 Å². The van der Waals surface area contributed by atoms with Crippen LogP contribution in [-0.2, 0) is 0 Å². The molecule has 18 heavy (non-hydrogen) atoms. The summed E-state index contributed by atoms with van der Waals surface area (Å²) in [6.45, 7) is 0. The standard InChI is InChI=1S/C13H11FN2O2/c14-9-3-1-2-4-11(9)16-12-7-8(13(17)18)5-6-10(12)15/h1-7,16H,15H2,(H,17,18). The van der Waals surface area contributed by atoms with Crippen molar-refractivity contribution in [2.75, 3.05) is 11.1 Å². The van der Waals surface area contributed by atoms with Crippen LogP contribution in [0.1, 0.15) is 10.4 Å². The van der Waals surface area contributed by atoms with Gasteiger partial charge in [-0.25, -0.2) is 9.18 Å². The third kappa shape index (κ3) is 2.40. The fourth-order valence-electron chi connectivity index (χ4n) is 1.51. The molecule has 0 aliphatic heterocycles. The van der Waals surface area contributed by atoms with E-state index in [0.29, 0.717) is 11.4 Å². The van der Waals surface area contributed by atoms with E-state index in [-0.39, 0.29) is 11.3 Å². The van der Waals surface area contributed by atoms with Gasteiger partial charge in [0.05, 0.1) is 22.6 Å². The fourth-order valence-corrected chi connectivity index (χ4v) is 1.51. The number of hydrogen-bond acceptors (Lipinski definition) is 3. The average molecular weight is 246 g/mol. The first-order valence-electron chi connectivity index (χ1n) is 5.22. The first-order valence-corrected chi connectivity index (χ1v) is 5.22. The molecule has 4 nitrogen and oxygen atoms in total. The number of rotatable bonds is 3. The van der Waals surface area contributed by atoms with E-state index in [9.17, 15) is 9.18 Å². The van der Waals surface area contributed by atoms with Crippen molar-refractivity contribution in [1.29, 1.82) is 0 Å². The van der Waals surface area contributed by atoms with Gasteiger partial charge in [0.2, 0.25) is 0 Å². The summed E-state index contributed by atoms with van der Waals surface area (Å²) < 4.78 is 13.4. The van der Waals surface area contributed by atoms with E-state index in [1.165, 1.54) is 24.3 Å². The Bertz CT molecular complexity index is 599. The zero-order valence-corrected chi connectivity index (χ0v) is 9.35. The van der Waals surface area contributed by atoms with Crippen molar-refractivity contribution in [2.45, 2.75) is 0 Å². The summed E-state index contributed by atoms with van der Waals surface area (Å²) in [5, 5.41) is 11.7. The van der Waals surface area contributed by atoms with Crippen LogP contribution < -0.4 is 11.1 Å². The Morgan fingerprint density at radius 1 is 1.17 bits per heavy atom. The lowest BCUT2D eigenvalue weighted by Crippen LogP contribution is -2.02. The Balaban J connectivity index is 2.37. The van der Waals surface area contributed by atoms with Crippen LogP contribution in [0.15, 0.2) is 42.5 Å². The van der Waals surface area contributed by atoms with Gasteiger partial charge in [-0.3, -0.25) is 0 Å². The van der Waals surface area contributed by atoms with E-state index in [2.05, 4.69) is 5.32 Å². The average Bonchev–Trinajstić information content (AvgIpc) is 2.34. The predicted octanol–water partition coefficient (Wildman–Crippen LogP) is 2.85. The van der Waals surface area contributed by atoms with Gasteiger partial charge in [-0.2, -0.15) is 0 Å². The second kappa shape index (κ2) is 4.75. The highest BCUT2D eigenvalue weighted by Crippen LogP contribution is 2.25. The van der Waals surface area contributed by atoms with E-state index < -0.39 is 11.8 Å². The highest BCUT2D eigenvalue weighted by molar-refractivity contribution is 5.91. The Kier molecular flexibility index (Phi) is 3.14. The predicted molar refractivity (Wildman–Crippen MR) is 67.5 cm³/mol. The third-order valence-electron chi connectivity index (χ3n) is 2.44. The van der Waals surface area contributed by atoms with Crippen molar-refractivity contribution in [3.8, 4) is 0 Å². The zero-order valence-electron chi connectivity index (χ0n) is 9.35. The highest BCUT2D eigenvalue weighted by Gasteiger charge is 2.08. The maximum absolute atomic E-state index is 13.4. The molecule has 2 aromatic carbocycles. The van der Waals surface area contributed by atoms with E-state index in [1.807, 2.05) is 0 Å². The van der Waals surface area contributed by atoms with Crippen LogP contribution in [0.4, 0.5) is 21.5 Å². The fraction of sp³-hybridized carbons (Fsp3) is 0. The van der Waals surface area contributed by atoms with Crippen molar-refractivity contribution >= 4 is 23.0 Å². The van der Waals surface area contributed by atoms with Crippen LogP contribution >= 0.6 is 0 Å². The molecule has 0 bridgehead atoms. The molecule has 0 saturated carbocycles. The van der Waals surface area contributed by atoms with Crippen molar-refractivity contribution in [3.63, 3.8) is 0 Å². The summed E-state index contributed by atoms with van der Waals surface area (Å²) in [5.74, 6) is -1.50. The molecule has 0 heterocycles. The number of halogens is 1. The highest BCUT2D eigenvalue weighted by atomic mass is 19.1. The van der Waals surface area contributed by atoms with Gasteiger partial charge in [0.1, 0.15) is 5.82 Å². The molecule has 0 atom stereocenters. The summed E-state index contributed by atoms with van der Waals surface area (Å²) in [4.78, 5) is 10.8. The quantitative estimate of drug-likeness (QED) is 0.728. The zero-order chi connectivity index (χ0) is 13.1. The number of nitrogen functional groups attached to an aromatic ring is 1. The van der Waals surface area contributed by atoms with Crippen LogP contribution in [0.3, 0.4) is 0 Å². The maximum atomic E-state index is 13.4. The topological polar surface area (TPSA) is 75.4 Å².